The van der Waals surface area contributed by atoms with Crippen LogP contribution < -0.4 is 25.6 Å². The monoisotopic (exact) mass is 541 g/mol. The number of benzene rings is 4. The highest BCUT2D eigenvalue weighted by Crippen LogP contribution is 2.63. The molecule has 1 amide bonds. The number of carbonyl (C=O) groups is 2. The maximum absolute atomic E-state index is 14.4. The van der Waals surface area contributed by atoms with E-state index in [1.165, 1.54) is 22.5 Å². The van der Waals surface area contributed by atoms with Gasteiger partial charge in [-0.15, -0.1) is 0 Å². The van der Waals surface area contributed by atoms with Crippen LogP contribution in [0.15, 0.2) is 94.5 Å². The van der Waals surface area contributed by atoms with Gasteiger partial charge in [-0.05, 0) is 51.2 Å². The van der Waals surface area contributed by atoms with Crippen LogP contribution in [0.25, 0.3) is 28.5 Å². The maximum atomic E-state index is 14.4. The molecule has 0 fully saturated rings. The van der Waals surface area contributed by atoms with Gasteiger partial charge in [0, 0.05) is 52.3 Å². The molecule has 0 saturated heterocycles. The molecular formula is C36H21N4O2+. The van der Waals surface area contributed by atoms with Gasteiger partial charge >= 0.3 is 0 Å². The molecule has 2 unspecified atom stereocenters. The molecule has 3 aliphatic carbocycles. The first kappa shape index (κ1) is 21.4. The summed E-state index contributed by atoms with van der Waals surface area (Å²) in [5, 5.41) is 11.8. The number of para-hydroxylation sites is 4. The molecular weight excluding hydrogens is 520 g/mol. The number of nitrogens with zero attached hydrogens (tertiary/aromatic N) is 2. The number of carbonyl (C=O) groups excluding carboxylic acids is 2. The van der Waals surface area contributed by atoms with Crippen LogP contribution in [0.2, 0.25) is 0 Å². The third-order valence-electron chi connectivity index (χ3n) is 10.3. The highest BCUT2D eigenvalue weighted by atomic mass is 16.1. The van der Waals surface area contributed by atoms with Gasteiger partial charge in [-0.25, -0.2) is 4.99 Å². The predicted octanol–water partition coefficient (Wildman–Crippen LogP) is 5.46. The molecule has 0 bridgehead atoms. The minimum Gasteiger partial charge on any atom is -0.304 e. The van der Waals surface area contributed by atoms with Gasteiger partial charge < -0.3 is 10.6 Å². The van der Waals surface area contributed by atoms with Crippen LogP contribution in [-0.2, 0) is 4.79 Å². The van der Waals surface area contributed by atoms with Crippen LogP contribution in [0.5, 0.6) is 0 Å². The van der Waals surface area contributed by atoms with Gasteiger partial charge in [-0.2, -0.15) is 4.48 Å². The fraction of sp³-hybridized carbons (Fsp3) is 0.0833. The van der Waals surface area contributed by atoms with E-state index < -0.39 is 5.92 Å². The van der Waals surface area contributed by atoms with Gasteiger partial charge in [0.15, 0.2) is 17.2 Å². The zero-order chi connectivity index (χ0) is 27.5. The second-order valence-electron chi connectivity index (χ2n) is 12.0. The number of allylic oxidation sites excluding steroid dienone is 2. The number of amides is 1. The Morgan fingerprint density at radius 1 is 0.857 bits per heavy atom. The SMILES string of the molecule is O=C1CC2=C3Nc4ccccc4[N+]34C(=C3CC=c5c6c7c8c(ccc7c1c5=C32)C=NC(=O)C8C=C6)Nc1ccccc14. The van der Waals surface area contributed by atoms with Crippen molar-refractivity contribution < 1.29 is 9.59 Å². The van der Waals surface area contributed by atoms with Crippen molar-refractivity contribution >= 4 is 69.2 Å². The van der Waals surface area contributed by atoms with E-state index in [2.05, 4.69) is 82.4 Å². The molecule has 7 aliphatic rings. The van der Waals surface area contributed by atoms with E-state index in [4.69, 9.17) is 0 Å². The van der Waals surface area contributed by atoms with Gasteiger partial charge in [-0.3, -0.25) is 9.59 Å². The number of hydrogen-bond acceptors (Lipinski definition) is 4. The van der Waals surface area contributed by atoms with Gasteiger partial charge in [0.25, 0.3) is 5.91 Å². The van der Waals surface area contributed by atoms with E-state index in [-0.39, 0.29) is 11.7 Å². The van der Waals surface area contributed by atoms with Gasteiger partial charge in [0.2, 0.25) is 11.6 Å². The van der Waals surface area contributed by atoms with Crippen molar-refractivity contribution in [3.8, 4) is 0 Å². The molecule has 2 N–H and O–H groups in total. The van der Waals surface area contributed by atoms with E-state index >= 15 is 0 Å². The molecule has 4 heterocycles. The third kappa shape index (κ3) is 2.10. The molecule has 6 nitrogen and oxygen atoms in total. The molecule has 2 atom stereocenters. The third-order valence-corrected chi connectivity index (χ3v) is 10.3. The first-order valence-corrected chi connectivity index (χ1v) is 14.4. The van der Waals surface area contributed by atoms with Crippen LogP contribution in [0.1, 0.15) is 45.8 Å². The Labute approximate surface area is 239 Å². The van der Waals surface area contributed by atoms with Crippen LogP contribution in [0.3, 0.4) is 0 Å². The number of hydrogen-bond donors (Lipinski definition) is 2. The first-order chi connectivity index (χ1) is 20.7. The lowest BCUT2D eigenvalue weighted by Crippen LogP contribution is -2.49. The molecule has 0 saturated carbocycles. The average Bonchev–Trinajstić information content (AvgIpc) is 3.56. The smallest absolute Gasteiger partial charge is 0.257 e. The Balaban J connectivity index is 1.35. The summed E-state index contributed by atoms with van der Waals surface area (Å²) in [5.74, 6) is 1.77. The van der Waals surface area contributed by atoms with Crippen LogP contribution in [0.4, 0.5) is 22.7 Å². The number of Topliss-reactive ketones (excluding diaryl/α,β-unsaturated/α-hetero) is 1. The molecule has 11 rings (SSSR count). The molecule has 0 radical (unpaired) electrons. The lowest BCUT2D eigenvalue weighted by molar-refractivity contribution is -0.118. The summed E-state index contributed by atoms with van der Waals surface area (Å²) in [6, 6.07) is 21.1. The summed E-state index contributed by atoms with van der Waals surface area (Å²) >= 11 is 0. The number of rotatable bonds is 0. The second kappa shape index (κ2) is 6.75. The van der Waals surface area contributed by atoms with Gasteiger partial charge in [-0.1, -0.05) is 54.6 Å². The lowest BCUT2D eigenvalue weighted by Gasteiger charge is -2.38. The summed E-state index contributed by atoms with van der Waals surface area (Å²) < 4.78 is 0.462. The number of fused-ring (bicyclic) bond motifs is 4. The number of ketones is 1. The zero-order valence-corrected chi connectivity index (χ0v) is 22.3. The topological polar surface area (TPSA) is 70.6 Å². The van der Waals surface area contributed by atoms with Crippen molar-refractivity contribution in [2.75, 3.05) is 10.6 Å². The van der Waals surface area contributed by atoms with Gasteiger partial charge in [0.1, 0.15) is 11.4 Å². The van der Waals surface area contributed by atoms with Crippen molar-refractivity contribution in [2.24, 2.45) is 4.99 Å². The molecule has 4 aromatic carbocycles. The molecule has 6 heteroatoms. The van der Waals surface area contributed by atoms with E-state index in [9.17, 15) is 9.59 Å². The lowest BCUT2D eigenvalue weighted by atomic mass is 9.72. The van der Waals surface area contributed by atoms with Crippen molar-refractivity contribution in [1.82, 2.24) is 4.48 Å². The maximum Gasteiger partial charge on any atom is 0.257 e. The quantitative estimate of drug-likeness (QED) is 0.290. The predicted molar refractivity (Wildman–Crippen MR) is 165 cm³/mol. The summed E-state index contributed by atoms with van der Waals surface area (Å²) in [6.45, 7) is 0. The standard InChI is InChI=1S/C36H21N4O2/c41-28-15-23-31-21(34-38-24-5-1-3-7-26(24)40(34)27-8-4-2-6-25(27)39-35(23)40)13-11-19-18-12-14-22-29-17(16-37-36(22)42)9-10-20(30(18)29)32(28)33(19)31/h1-12,14,16,22,38-39H,13,15H2/q+1. The van der Waals surface area contributed by atoms with Crippen molar-refractivity contribution in [3.63, 3.8) is 0 Å². The summed E-state index contributed by atoms with van der Waals surface area (Å²) in [6.07, 6.45) is 9.14. The Morgan fingerprint density at radius 2 is 1.60 bits per heavy atom. The average molecular weight is 542 g/mol. The molecule has 4 aromatic rings. The number of anilines is 2. The highest BCUT2D eigenvalue weighted by molar-refractivity contribution is 6.20. The number of nitrogens with one attached hydrogen (secondary N) is 2. The molecule has 0 aromatic heterocycles. The minimum atomic E-state index is -0.397. The fourth-order valence-electron chi connectivity index (χ4n) is 8.75. The Hall–Kier alpha value is -5.33. The second-order valence-corrected chi connectivity index (χ2v) is 12.0. The summed E-state index contributed by atoms with van der Waals surface area (Å²) in [4.78, 5) is 31.4. The summed E-state index contributed by atoms with van der Waals surface area (Å²) in [7, 11) is 0. The molecule has 42 heavy (non-hydrogen) atoms. The van der Waals surface area contributed by atoms with Crippen molar-refractivity contribution in [1.29, 1.82) is 0 Å². The van der Waals surface area contributed by atoms with Crippen molar-refractivity contribution in [2.45, 2.75) is 18.8 Å². The molecule has 196 valence electrons. The fourth-order valence-corrected chi connectivity index (χ4v) is 8.75. The van der Waals surface area contributed by atoms with Crippen LogP contribution in [0, 0.1) is 0 Å². The Kier molecular flexibility index (Phi) is 3.45. The van der Waals surface area contributed by atoms with E-state index in [0.717, 1.165) is 78.5 Å². The van der Waals surface area contributed by atoms with E-state index in [1.807, 2.05) is 12.1 Å². The van der Waals surface area contributed by atoms with Crippen LogP contribution >= 0.6 is 0 Å². The van der Waals surface area contributed by atoms with E-state index in [0.29, 0.717) is 10.9 Å². The van der Waals surface area contributed by atoms with Crippen molar-refractivity contribution in [3.05, 3.63) is 122 Å². The Morgan fingerprint density at radius 3 is 2.38 bits per heavy atom. The summed E-state index contributed by atoms with van der Waals surface area (Å²) in [5.41, 5.74) is 11.9. The number of quaternary nitrogens is 1. The molecule has 4 aliphatic heterocycles. The zero-order valence-electron chi connectivity index (χ0n) is 22.3. The van der Waals surface area contributed by atoms with Gasteiger partial charge in [0.05, 0.1) is 5.92 Å². The van der Waals surface area contributed by atoms with Crippen LogP contribution in [-0.4, -0.2) is 17.9 Å². The first-order valence-electron chi connectivity index (χ1n) is 14.4. The minimum absolute atomic E-state index is 0.125. The largest absolute Gasteiger partial charge is 0.304 e. The molecule has 1 spiro atoms. The van der Waals surface area contributed by atoms with E-state index in [1.54, 1.807) is 6.21 Å². The number of aliphatic imine (C=N–C) groups is 1. The normalized spacial score (nSPS) is 24.1. The highest BCUT2D eigenvalue weighted by Gasteiger charge is 2.60. The Bertz CT molecular complexity index is 2390.